The van der Waals surface area contributed by atoms with E-state index in [4.69, 9.17) is 0 Å². The van der Waals surface area contributed by atoms with Crippen molar-refractivity contribution in [3.63, 3.8) is 0 Å². The first-order valence-electron chi connectivity index (χ1n) is 9.23. The molecule has 0 heterocycles. The van der Waals surface area contributed by atoms with Gasteiger partial charge in [-0.15, -0.1) is 0 Å². The molecule has 0 bridgehead atoms. The second-order valence-electron chi connectivity index (χ2n) is 7.14. The molecule has 136 valence electrons. The number of nitrogens with one attached hydrogen (secondary N) is 3. The van der Waals surface area contributed by atoms with Gasteiger partial charge in [-0.2, -0.15) is 0 Å². The van der Waals surface area contributed by atoms with Gasteiger partial charge in [0.1, 0.15) is 5.82 Å². The number of carbonyl (C=O) groups excluding carboxylic acids is 2. The SMILES string of the molecule is O=C(CNCC1CC1)Nc1ccc(F)c(NC(=O)C2CCCCC2)c1. The van der Waals surface area contributed by atoms with E-state index in [0.29, 0.717) is 11.6 Å². The Labute approximate surface area is 147 Å². The number of amides is 2. The van der Waals surface area contributed by atoms with Crippen molar-refractivity contribution in [1.82, 2.24) is 5.32 Å². The van der Waals surface area contributed by atoms with E-state index in [9.17, 15) is 14.0 Å². The molecule has 3 N–H and O–H groups in total. The molecule has 1 aromatic rings. The largest absolute Gasteiger partial charge is 0.325 e. The van der Waals surface area contributed by atoms with Crippen molar-refractivity contribution >= 4 is 23.2 Å². The average molecular weight is 347 g/mol. The minimum Gasteiger partial charge on any atom is -0.325 e. The molecule has 0 unspecified atom stereocenters. The number of hydrogen-bond donors (Lipinski definition) is 3. The van der Waals surface area contributed by atoms with E-state index in [-0.39, 0.29) is 30.0 Å². The smallest absolute Gasteiger partial charge is 0.238 e. The summed E-state index contributed by atoms with van der Waals surface area (Å²) in [6, 6.07) is 4.25. The average Bonchev–Trinajstić information content (AvgIpc) is 3.43. The van der Waals surface area contributed by atoms with Gasteiger partial charge in [0, 0.05) is 11.6 Å². The van der Waals surface area contributed by atoms with Gasteiger partial charge in [-0.05, 0) is 56.3 Å². The van der Waals surface area contributed by atoms with Crippen LogP contribution in [0, 0.1) is 17.7 Å². The lowest BCUT2D eigenvalue weighted by atomic mass is 9.88. The molecule has 2 aliphatic carbocycles. The second kappa shape index (κ2) is 8.43. The lowest BCUT2D eigenvalue weighted by Gasteiger charge is -2.21. The highest BCUT2D eigenvalue weighted by atomic mass is 19.1. The number of hydrogen-bond acceptors (Lipinski definition) is 3. The molecule has 2 amide bonds. The second-order valence-corrected chi connectivity index (χ2v) is 7.14. The molecule has 25 heavy (non-hydrogen) atoms. The maximum Gasteiger partial charge on any atom is 0.238 e. The van der Waals surface area contributed by atoms with E-state index in [0.717, 1.165) is 38.6 Å². The highest BCUT2D eigenvalue weighted by Crippen LogP contribution is 2.28. The summed E-state index contributed by atoms with van der Waals surface area (Å²) in [4.78, 5) is 24.2. The van der Waals surface area contributed by atoms with Crippen LogP contribution in [-0.4, -0.2) is 24.9 Å². The van der Waals surface area contributed by atoms with E-state index in [2.05, 4.69) is 16.0 Å². The van der Waals surface area contributed by atoms with E-state index in [1.807, 2.05) is 0 Å². The maximum atomic E-state index is 14.0. The fourth-order valence-electron chi connectivity index (χ4n) is 3.22. The van der Waals surface area contributed by atoms with Crippen molar-refractivity contribution in [3.05, 3.63) is 24.0 Å². The first-order chi connectivity index (χ1) is 12.1. The van der Waals surface area contributed by atoms with Crippen molar-refractivity contribution in [1.29, 1.82) is 0 Å². The van der Waals surface area contributed by atoms with Crippen LogP contribution in [0.5, 0.6) is 0 Å². The zero-order valence-corrected chi connectivity index (χ0v) is 14.4. The van der Waals surface area contributed by atoms with E-state index in [1.54, 1.807) is 0 Å². The normalized spacial score (nSPS) is 18.0. The van der Waals surface area contributed by atoms with Crippen LogP contribution in [0.2, 0.25) is 0 Å². The van der Waals surface area contributed by atoms with Crippen molar-refractivity contribution in [2.45, 2.75) is 44.9 Å². The molecular weight excluding hydrogens is 321 g/mol. The van der Waals surface area contributed by atoms with Gasteiger partial charge in [0.2, 0.25) is 11.8 Å². The molecule has 0 atom stereocenters. The fourth-order valence-corrected chi connectivity index (χ4v) is 3.22. The molecule has 1 aromatic carbocycles. The topological polar surface area (TPSA) is 70.2 Å². The van der Waals surface area contributed by atoms with Crippen LogP contribution < -0.4 is 16.0 Å². The minimum atomic E-state index is -0.492. The summed E-state index contributed by atoms with van der Waals surface area (Å²) >= 11 is 0. The third-order valence-corrected chi connectivity index (χ3v) is 4.90. The van der Waals surface area contributed by atoms with Gasteiger partial charge in [-0.1, -0.05) is 19.3 Å². The van der Waals surface area contributed by atoms with Gasteiger partial charge in [-0.25, -0.2) is 4.39 Å². The Bertz CT molecular complexity index is 625. The van der Waals surface area contributed by atoms with E-state index >= 15 is 0 Å². The Balaban J connectivity index is 1.53. The quantitative estimate of drug-likeness (QED) is 0.709. The standard InChI is InChI=1S/C19H26FN3O2/c20-16-9-8-15(22-18(24)12-21-11-13-6-7-13)10-17(16)23-19(25)14-4-2-1-3-5-14/h8-10,13-14,21H,1-7,11-12H2,(H,22,24)(H,23,25). The molecule has 5 nitrogen and oxygen atoms in total. The fraction of sp³-hybridized carbons (Fsp3) is 0.579. The number of carbonyl (C=O) groups is 2. The van der Waals surface area contributed by atoms with Gasteiger partial charge < -0.3 is 16.0 Å². The Morgan fingerprint density at radius 2 is 1.80 bits per heavy atom. The molecule has 2 fully saturated rings. The predicted molar refractivity (Wildman–Crippen MR) is 95.8 cm³/mol. The monoisotopic (exact) mass is 347 g/mol. The van der Waals surface area contributed by atoms with E-state index < -0.39 is 5.82 Å². The highest BCUT2D eigenvalue weighted by molar-refractivity contribution is 5.95. The minimum absolute atomic E-state index is 0.0435. The van der Waals surface area contributed by atoms with Crippen LogP contribution in [0.4, 0.5) is 15.8 Å². The Morgan fingerprint density at radius 1 is 1.04 bits per heavy atom. The molecule has 0 aliphatic heterocycles. The molecule has 0 aromatic heterocycles. The van der Waals surface area contributed by atoms with Crippen LogP contribution in [0.25, 0.3) is 0 Å². The van der Waals surface area contributed by atoms with Crippen LogP contribution >= 0.6 is 0 Å². The third kappa shape index (κ3) is 5.53. The van der Waals surface area contributed by atoms with Crippen molar-refractivity contribution in [2.24, 2.45) is 11.8 Å². The zero-order valence-electron chi connectivity index (χ0n) is 14.4. The molecule has 3 rings (SSSR count). The molecule has 0 saturated heterocycles. The summed E-state index contributed by atoms with van der Waals surface area (Å²) in [5.41, 5.74) is 0.609. The van der Waals surface area contributed by atoms with Gasteiger partial charge >= 0.3 is 0 Å². The zero-order chi connectivity index (χ0) is 17.6. The highest BCUT2D eigenvalue weighted by Gasteiger charge is 2.22. The van der Waals surface area contributed by atoms with Crippen LogP contribution in [0.1, 0.15) is 44.9 Å². The first-order valence-corrected chi connectivity index (χ1v) is 9.23. The predicted octanol–water partition coefficient (Wildman–Crippen LogP) is 3.28. The summed E-state index contributed by atoms with van der Waals surface area (Å²) in [5, 5.41) is 8.53. The summed E-state index contributed by atoms with van der Waals surface area (Å²) in [5.74, 6) is -0.128. The number of anilines is 2. The van der Waals surface area contributed by atoms with Crippen molar-refractivity contribution in [2.75, 3.05) is 23.7 Å². The molecule has 6 heteroatoms. The lowest BCUT2D eigenvalue weighted by molar-refractivity contribution is -0.120. The van der Waals surface area contributed by atoms with Crippen LogP contribution in [-0.2, 0) is 9.59 Å². The summed E-state index contributed by atoms with van der Waals surface area (Å²) in [7, 11) is 0. The summed E-state index contributed by atoms with van der Waals surface area (Å²) in [6.07, 6.45) is 7.43. The first kappa shape index (κ1) is 17.9. The van der Waals surface area contributed by atoms with Gasteiger partial charge in [-0.3, -0.25) is 9.59 Å². The maximum absolute atomic E-state index is 14.0. The number of halogens is 1. The van der Waals surface area contributed by atoms with Gasteiger partial charge in [0.15, 0.2) is 0 Å². The van der Waals surface area contributed by atoms with Gasteiger partial charge in [0.05, 0.1) is 12.2 Å². The third-order valence-electron chi connectivity index (χ3n) is 4.90. The Morgan fingerprint density at radius 3 is 2.52 bits per heavy atom. The Hall–Kier alpha value is -1.95. The van der Waals surface area contributed by atoms with Crippen LogP contribution in [0.15, 0.2) is 18.2 Å². The summed E-state index contributed by atoms with van der Waals surface area (Å²) < 4.78 is 14.0. The van der Waals surface area contributed by atoms with E-state index in [1.165, 1.54) is 31.0 Å². The number of benzene rings is 1. The molecular formula is C19H26FN3O2. The summed E-state index contributed by atoms with van der Waals surface area (Å²) in [6.45, 7) is 1.09. The van der Waals surface area contributed by atoms with Crippen LogP contribution in [0.3, 0.4) is 0 Å². The molecule has 2 saturated carbocycles. The number of rotatable bonds is 7. The van der Waals surface area contributed by atoms with Gasteiger partial charge in [0.25, 0.3) is 0 Å². The van der Waals surface area contributed by atoms with Crippen molar-refractivity contribution in [3.8, 4) is 0 Å². The lowest BCUT2D eigenvalue weighted by Crippen LogP contribution is -2.29. The Kier molecular flexibility index (Phi) is 6.02. The van der Waals surface area contributed by atoms with Crippen molar-refractivity contribution < 1.29 is 14.0 Å². The molecule has 0 spiro atoms. The molecule has 2 aliphatic rings. The molecule has 0 radical (unpaired) electrons.